The Hall–Kier alpha value is -0.590. The lowest BCUT2D eigenvalue weighted by Gasteiger charge is -2.54. The number of hydrogen-bond donors (Lipinski definition) is 0. The molecule has 0 N–H and O–H groups in total. The number of carbonyl (C=O) groups is 1. The number of carbonyl (C=O) groups excluding carboxylic acids is 1. The van der Waals surface area contributed by atoms with E-state index < -0.39 is 0 Å². The molecular weight excluding hydrogens is 196 g/mol. The average molecular weight is 220 g/mol. The predicted molar refractivity (Wildman–Crippen MR) is 67.2 cm³/mol. The fourth-order valence-electron chi connectivity index (χ4n) is 3.76. The van der Waals surface area contributed by atoms with Gasteiger partial charge in [0.15, 0.2) is 0 Å². The van der Waals surface area contributed by atoms with E-state index in [0.29, 0.717) is 5.78 Å². The molecule has 2 aliphatic rings. The van der Waals surface area contributed by atoms with Crippen LogP contribution in [0.2, 0.25) is 0 Å². The Balaban J connectivity index is 2.34. The van der Waals surface area contributed by atoms with E-state index in [1.54, 1.807) is 0 Å². The molecule has 90 valence electrons. The summed E-state index contributed by atoms with van der Waals surface area (Å²) in [5, 5.41) is 0. The van der Waals surface area contributed by atoms with E-state index in [-0.39, 0.29) is 16.7 Å². The smallest absolute Gasteiger partial charge is 0.136 e. The Bertz CT molecular complexity index is 326. The van der Waals surface area contributed by atoms with Gasteiger partial charge in [-0.1, -0.05) is 32.9 Å². The highest BCUT2D eigenvalue weighted by molar-refractivity contribution is 5.82. The summed E-state index contributed by atoms with van der Waals surface area (Å²) in [7, 11) is 0. The van der Waals surface area contributed by atoms with Gasteiger partial charge in [-0.2, -0.15) is 0 Å². The monoisotopic (exact) mass is 220 g/mol. The molecule has 1 heteroatoms. The fourth-order valence-corrected chi connectivity index (χ4v) is 3.76. The first kappa shape index (κ1) is 11.9. The van der Waals surface area contributed by atoms with Gasteiger partial charge in [0.2, 0.25) is 0 Å². The molecule has 2 fully saturated rings. The highest BCUT2D eigenvalue weighted by Crippen LogP contribution is 2.59. The first-order valence-corrected chi connectivity index (χ1v) is 6.60. The van der Waals surface area contributed by atoms with Gasteiger partial charge < -0.3 is 0 Å². The normalized spacial score (nSPS) is 39.1. The maximum Gasteiger partial charge on any atom is 0.136 e. The third-order valence-corrected chi connectivity index (χ3v) is 5.28. The molecule has 0 heterocycles. The van der Waals surface area contributed by atoms with E-state index in [2.05, 4.69) is 27.4 Å². The minimum atomic E-state index is 0.120. The van der Waals surface area contributed by atoms with Gasteiger partial charge in [0, 0.05) is 17.8 Å². The lowest BCUT2D eigenvalue weighted by molar-refractivity contribution is -0.131. The number of ketones is 1. The highest BCUT2D eigenvalue weighted by Gasteiger charge is 2.51. The Labute approximate surface area is 99.3 Å². The van der Waals surface area contributed by atoms with Crippen LogP contribution >= 0.6 is 0 Å². The van der Waals surface area contributed by atoms with E-state index in [1.807, 2.05) is 0 Å². The largest absolute Gasteiger partial charge is 0.299 e. The van der Waals surface area contributed by atoms with Gasteiger partial charge in [0.05, 0.1) is 0 Å². The molecule has 0 unspecified atom stereocenters. The summed E-state index contributed by atoms with van der Waals surface area (Å²) in [5.41, 5.74) is 1.73. The minimum Gasteiger partial charge on any atom is -0.299 e. The zero-order valence-electron chi connectivity index (χ0n) is 10.9. The van der Waals surface area contributed by atoms with Gasteiger partial charge in [-0.3, -0.25) is 4.79 Å². The van der Waals surface area contributed by atoms with Crippen LogP contribution < -0.4 is 0 Å². The molecule has 2 saturated carbocycles. The molecule has 0 bridgehead atoms. The van der Waals surface area contributed by atoms with Crippen LogP contribution in [0.15, 0.2) is 12.2 Å². The Kier molecular flexibility index (Phi) is 2.76. The molecule has 0 saturated heterocycles. The zero-order valence-corrected chi connectivity index (χ0v) is 10.9. The van der Waals surface area contributed by atoms with E-state index in [0.717, 1.165) is 19.3 Å². The first-order chi connectivity index (χ1) is 7.39. The Morgan fingerprint density at radius 1 is 1.31 bits per heavy atom. The molecular formula is C15H24O. The van der Waals surface area contributed by atoms with Crippen molar-refractivity contribution in [3.8, 4) is 0 Å². The molecule has 0 aromatic heterocycles. The first-order valence-electron chi connectivity index (χ1n) is 6.60. The van der Waals surface area contributed by atoms with E-state index in [4.69, 9.17) is 0 Å². The number of hydrogen-bond acceptors (Lipinski definition) is 1. The van der Waals surface area contributed by atoms with Gasteiger partial charge in [0.25, 0.3) is 0 Å². The highest BCUT2D eigenvalue weighted by atomic mass is 16.1. The van der Waals surface area contributed by atoms with Crippen molar-refractivity contribution >= 4 is 5.78 Å². The van der Waals surface area contributed by atoms with Crippen molar-refractivity contribution in [2.45, 2.75) is 59.3 Å². The quantitative estimate of drug-likeness (QED) is 0.561. The average Bonchev–Trinajstić information content (AvgIpc) is 2.19. The van der Waals surface area contributed by atoms with Crippen LogP contribution in [-0.4, -0.2) is 5.78 Å². The van der Waals surface area contributed by atoms with Crippen LogP contribution in [0.1, 0.15) is 59.3 Å². The van der Waals surface area contributed by atoms with Crippen molar-refractivity contribution in [3.05, 3.63) is 12.2 Å². The second kappa shape index (κ2) is 3.72. The SMILES string of the molecule is C=C1CCCC(C)(C)[C@@]12CC[C@@H](C)C(=O)C2. The second-order valence-electron chi connectivity index (χ2n) is 6.51. The van der Waals surface area contributed by atoms with Gasteiger partial charge in [0.1, 0.15) is 5.78 Å². The maximum atomic E-state index is 12.1. The van der Waals surface area contributed by atoms with Crippen molar-refractivity contribution < 1.29 is 4.79 Å². The molecule has 0 aliphatic heterocycles. The van der Waals surface area contributed by atoms with Crippen LogP contribution in [0, 0.1) is 16.7 Å². The molecule has 1 spiro atoms. The van der Waals surface area contributed by atoms with Crippen LogP contribution in [0.5, 0.6) is 0 Å². The van der Waals surface area contributed by atoms with Crippen molar-refractivity contribution in [1.82, 2.24) is 0 Å². The third kappa shape index (κ3) is 1.56. The van der Waals surface area contributed by atoms with Crippen LogP contribution in [-0.2, 0) is 4.79 Å². The summed E-state index contributed by atoms with van der Waals surface area (Å²) >= 11 is 0. The summed E-state index contributed by atoms with van der Waals surface area (Å²) in [5.74, 6) is 0.735. The third-order valence-electron chi connectivity index (χ3n) is 5.28. The van der Waals surface area contributed by atoms with Crippen molar-refractivity contribution in [3.63, 3.8) is 0 Å². The van der Waals surface area contributed by atoms with Crippen molar-refractivity contribution in [1.29, 1.82) is 0 Å². The predicted octanol–water partition coefficient (Wildman–Crippen LogP) is 4.13. The topological polar surface area (TPSA) is 17.1 Å². The van der Waals surface area contributed by atoms with Gasteiger partial charge in [-0.25, -0.2) is 0 Å². The zero-order chi connectivity index (χ0) is 12.0. The lowest BCUT2D eigenvalue weighted by Crippen LogP contribution is -2.47. The molecule has 0 aromatic rings. The van der Waals surface area contributed by atoms with Crippen LogP contribution in [0.3, 0.4) is 0 Å². The molecule has 0 aromatic carbocycles. The summed E-state index contributed by atoms with van der Waals surface area (Å²) in [6, 6.07) is 0. The van der Waals surface area contributed by atoms with E-state index in [9.17, 15) is 4.79 Å². The number of Topliss-reactive ketones (excluding diaryl/α,β-unsaturated/α-hetero) is 1. The lowest BCUT2D eigenvalue weighted by atomic mass is 9.50. The Morgan fingerprint density at radius 2 is 2.00 bits per heavy atom. The number of rotatable bonds is 0. The Morgan fingerprint density at radius 3 is 2.56 bits per heavy atom. The number of allylic oxidation sites excluding steroid dienone is 1. The van der Waals surface area contributed by atoms with E-state index in [1.165, 1.54) is 24.8 Å². The molecule has 2 aliphatic carbocycles. The molecule has 0 amide bonds. The second-order valence-corrected chi connectivity index (χ2v) is 6.51. The van der Waals surface area contributed by atoms with Gasteiger partial charge in [-0.15, -0.1) is 0 Å². The van der Waals surface area contributed by atoms with E-state index >= 15 is 0 Å². The van der Waals surface area contributed by atoms with Crippen molar-refractivity contribution in [2.75, 3.05) is 0 Å². The molecule has 1 nitrogen and oxygen atoms in total. The van der Waals surface area contributed by atoms with Gasteiger partial charge >= 0.3 is 0 Å². The summed E-state index contributed by atoms with van der Waals surface area (Å²) < 4.78 is 0. The summed E-state index contributed by atoms with van der Waals surface area (Å²) in [4.78, 5) is 12.1. The summed E-state index contributed by atoms with van der Waals surface area (Å²) in [6.07, 6.45) is 6.60. The maximum absolute atomic E-state index is 12.1. The fraction of sp³-hybridized carbons (Fsp3) is 0.800. The van der Waals surface area contributed by atoms with Crippen molar-refractivity contribution in [2.24, 2.45) is 16.7 Å². The standard InChI is InChI=1S/C15H24O/c1-11-7-9-15(10-13(11)16)12(2)6-5-8-14(15,3)4/h11H,2,5-10H2,1,3-4H3/t11-,15-/m1/s1. The minimum absolute atomic E-state index is 0.120. The summed E-state index contributed by atoms with van der Waals surface area (Å²) in [6.45, 7) is 11.0. The molecule has 2 atom stereocenters. The molecule has 16 heavy (non-hydrogen) atoms. The molecule has 0 radical (unpaired) electrons. The van der Waals surface area contributed by atoms with Gasteiger partial charge in [-0.05, 0) is 37.5 Å². The van der Waals surface area contributed by atoms with Crippen LogP contribution in [0.25, 0.3) is 0 Å². The van der Waals surface area contributed by atoms with Crippen LogP contribution in [0.4, 0.5) is 0 Å². The molecule has 2 rings (SSSR count).